The maximum absolute atomic E-state index is 12.8. The van der Waals surface area contributed by atoms with Gasteiger partial charge in [0.25, 0.3) is 0 Å². The van der Waals surface area contributed by atoms with Crippen molar-refractivity contribution in [1.29, 1.82) is 0 Å². The molecule has 0 aliphatic carbocycles. The lowest BCUT2D eigenvalue weighted by Gasteiger charge is -2.32. The molecule has 0 radical (unpaired) electrons. The van der Waals surface area contributed by atoms with Crippen LogP contribution in [-0.4, -0.2) is 44.2 Å². The molecule has 0 spiro atoms. The number of piperidine rings is 1. The fraction of sp³-hybridized carbons (Fsp3) is 0.409. The maximum atomic E-state index is 12.8. The number of rotatable bonds is 7. The van der Waals surface area contributed by atoms with Gasteiger partial charge in [-0.25, -0.2) is 8.42 Å². The van der Waals surface area contributed by atoms with E-state index in [9.17, 15) is 13.2 Å². The summed E-state index contributed by atoms with van der Waals surface area (Å²) in [5.74, 6) is 0.896. The highest BCUT2D eigenvalue weighted by Crippen LogP contribution is 2.25. The minimum absolute atomic E-state index is 0.0712. The molecule has 150 valence electrons. The van der Waals surface area contributed by atoms with Gasteiger partial charge in [0.1, 0.15) is 5.75 Å². The van der Waals surface area contributed by atoms with Crippen LogP contribution in [0, 0.1) is 0 Å². The number of benzene rings is 2. The highest BCUT2D eigenvalue weighted by atomic mass is 32.2. The summed E-state index contributed by atoms with van der Waals surface area (Å²) in [5.41, 5.74) is 1.03. The molecule has 6 heteroatoms. The van der Waals surface area contributed by atoms with Crippen molar-refractivity contribution in [3.05, 3.63) is 60.2 Å². The predicted octanol–water partition coefficient (Wildman–Crippen LogP) is 3.48. The van der Waals surface area contributed by atoms with Crippen LogP contribution < -0.4 is 4.74 Å². The first kappa shape index (κ1) is 20.4. The van der Waals surface area contributed by atoms with E-state index in [-0.39, 0.29) is 5.91 Å². The number of carbonyl (C=O) groups is 1. The monoisotopic (exact) mass is 401 g/mol. The lowest BCUT2D eigenvalue weighted by atomic mass is 10.1. The fourth-order valence-electron chi connectivity index (χ4n) is 3.62. The number of hydrogen-bond acceptors (Lipinski definition) is 4. The van der Waals surface area contributed by atoms with Gasteiger partial charge in [-0.1, -0.05) is 36.4 Å². The topological polar surface area (TPSA) is 63.7 Å². The van der Waals surface area contributed by atoms with E-state index >= 15 is 0 Å². The van der Waals surface area contributed by atoms with Gasteiger partial charge in [0.15, 0.2) is 9.84 Å². The van der Waals surface area contributed by atoms with Crippen LogP contribution in [0.4, 0.5) is 0 Å². The van der Waals surface area contributed by atoms with E-state index in [4.69, 9.17) is 4.74 Å². The van der Waals surface area contributed by atoms with Gasteiger partial charge in [-0.3, -0.25) is 4.79 Å². The van der Waals surface area contributed by atoms with Crippen LogP contribution in [-0.2, 0) is 21.1 Å². The lowest BCUT2D eigenvalue weighted by Crippen LogP contribution is -2.42. The van der Waals surface area contributed by atoms with Crippen molar-refractivity contribution >= 4 is 15.7 Å². The third kappa shape index (κ3) is 4.73. The average Bonchev–Trinajstić information content (AvgIpc) is 2.74. The molecule has 0 aromatic heterocycles. The zero-order valence-corrected chi connectivity index (χ0v) is 17.0. The van der Waals surface area contributed by atoms with Gasteiger partial charge in [-0.05, 0) is 49.9 Å². The van der Waals surface area contributed by atoms with Crippen molar-refractivity contribution in [2.75, 3.05) is 19.7 Å². The Morgan fingerprint density at radius 2 is 1.68 bits per heavy atom. The number of nitrogens with zero attached hydrogens (tertiary/aromatic N) is 1. The van der Waals surface area contributed by atoms with E-state index in [0.29, 0.717) is 50.3 Å². The van der Waals surface area contributed by atoms with Gasteiger partial charge < -0.3 is 9.64 Å². The highest BCUT2D eigenvalue weighted by molar-refractivity contribution is 7.92. The molecule has 1 heterocycles. The Bertz CT molecular complexity index is 888. The van der Waals surface area contributed by atoms with E-state index in [1.165, 1.54) is 0 Å². The number of carbonyl (C=O) groups excluding carboxylic acids is 1. The first-order valence-electron chi connectivity index (χ1n) is 9.79. The van der Waals surface area contributed by atoms with Gasteiger partial charge in [0, 0.05) is 19.5 Å². The van der Waals surface area contributed by atoms with E-state index in [1.807, 2.05) is 37.3 Å². The summed E-state index contributed by atoms with van der Waals surface area (Å²) < 4.78 is 31.1. The van der Waals surface area contributed by atoms with Gasteiger partial charge in [0.05, 0.1) is 16.8 Å². The molecule has 2 aromatic rings. The average molecular weight is 402 g/mol. The summed E-state index contributed by atoms with van der Waals surface area (Å²) in [7, 11) is -3.33. The van der Waals surface area contributed by atoms with E-state index in [1.54, 1.807) is 29.2 Å². The molecule has 0 saturated carbocycles. The number of aryl methyl sites for hydroxylation is 1. The Kier molecular flexibility index (Phi) is 6.73. The normalized spacial score (nSPS) is 15.4. The van der Waals surface area contributed by atoms with Crippen molar-refractivity contribution < 1.29 is 17.9 Å². The van der Waals surface area contributed by atoms with Crippen LogP contribution in [0.15, 0.2) is 59.5 Å². The van der Waals surface area contributed by atoms with Gasteiger partial charge in [0.2, 0.25) is 5.91 Å². The Labute approximate surface area is 167 Å². The number of sulfone groups is 1. The van der Waals surface area contributed by atoms with Crippen molar-refractivity contribution in [3.8, 4) is 5.75 Å². The van der Waals surface area contributed by atoms with Crippen molar-refractivity contribution in [1.82, 2.24) is 4.90 Å². The quantitative estimate of drug-likeness (QED) is 0.713. The van der Waals surface area contributed by atoms with Crippen LogP contribution in [0.25, 0.3) is 0 Å². The van der Waals surface area contributed by atoms with Gasteiger partial charge in [-0.2, -0.15) is 0 Å². The number of amides is 1. The Hall–Kier alpha value is -2.34. The number of para-hydroxylation sites is 1. The van der Waals surface area contributed by atoms with Crippen molar-refractivity contribution in [2.45, 2.75) is 42.8 Å². The third-order valence-corrected chi connectivity index (χ3v) is 7.46. The first-order valence-corrected chi connectivity index (χ1v) is 11.3. The molecule has 1 saturated heterocycles. The van der Waals surface area contributed by atoms with E-state index < -0.39 is 15.1 Å². The molecule has 0 atom stereocenters. The largest absolute Gasteiger partial charge is 0.494 e. The summed E-state index contributed by atoms with van der Waals surface area (Å²) in [6.45, 7) is 3.51. The Morgan fingerprint density at radius 1 is 1.04 bits per heavy atom. The van der Waals surface area contributed by atoms with Crippen molar-refractivity contribution in [2.24, 2.45) is 0 Å². The molecular weight excluding hydrogens is 374 g/mol. The minimum Gasteiger partial charge on any atom is -0.494 e. The Balaban J connectivity index is 1.54. The SMILES string of the molecule is CCOc1ccccc1CCC(=O)N1CCC(S(=O)(=O)c2ccccc2)CC1. The molecule has 1 aliphatic rings. The van der Waals surface area contributed by atoms with Gasteiger partial charge in [-0.15, -0.1) is 0 Å². The van der Waals surface area contributed by atoms with Crippen LogP contribution >= 0.6 is 0 Å². The molecule has 28 heavy (non-hydrogen) atoms. The van der Waals surface area contributed by atoms with Crippen LogP contribution in [0.3, 0.4) is 0 Å². The molecule has 1 fully saturated rings. The van der Waals surface area contributed by atoms with Crippen LogP contribution in [0.1, 0.15) is 31.7 Å². The Morgan fingerprint density at radius 3 is 2.36 bits per heavy atom. The van der Waals surface area contributed by atoms with Gasteiger partial charge >= 0.3 is 0 Å². The summed E-state index contributed by atoms with van der Waals surface area (Å²) in [5, 5.41) is -0.419. The highest BCUT2D eigenvalue weighted by Gasteiger charge is 2.32. The van der Waals surface area contributed by atoms with Crippen LogP contribution in [0.5, 0.6) is 5.75 Å². The van der Waals surface area contributed by atoms with E-state index in [0.717, 1.165) is 11.3 Å². The molecule has 3 rings (SSSR count). The molecule has 1 amide bonds. The zero-order valence-electron chi connectivity index (χ0n) is 16.2. The summed E-state index contributed by atoms with van der Waals surface area (Å²) in [4.78, 5) is 14.8. The third-order valence-electron chi connectivity index (χ3n) is 5.19. The van der Waals surface area contributed by atoms with E-state index in [2.05, 4.69) is 0 Å². The van der Waals surface area contributed by atoms with Crippen LogP contribution in [0.2, 0.25) is 0 Å². The predicted molar refractivity (Wildman–Crippen MR) is 109 cm³/mol. The second-order valence-electron chi connectivity index (χ2n) is 6.98. The molecule has 5 nitrogen and oxygen atoms in total. The lowest BCUT2D eigenvalue weighted by molar-refractivity contribution is -0.132. The molecule has 0 unspecified atom stereocenters. The smallest absolute Gasteiger partial charge is 0.222 e. The summed E-state index contributed by atoms with van der Waals surface area (Å²) >= 11 is 0. The molecule has 0 N–H and O–H groups in total. The number of ether oxygens (including phenoxy) is 1. The standard InChI is InChI=1S/C22H27NO4S/c1-2-27-21-11-7-6-8-18(21)12-13-22(24)23-16-14-20(15-17-23)28(25,26)19-9-4-3-5-10-19/h3-11,20H,2,12-17H2,1H3. The zero-order chi connectivity index (χ0) is 20.0. The molecule has 1 aliphatic heterocycles. The molecule has 2 aromatic carbocycles. The summed E-state index contributed by atoms with van der Waals surface area (Å²) in [6.07, 6.45) is 1.99. The molecule has 0 bridgehead atoms. The molecular formula is C22H27NO4S. The minimum atomic E-state index is -3.33. The number of hydrogen-bond donors (Lipinski definition) is 0. The van der Waals surface area contributed by atoms with Crippen molar-refractivity contribution in [3.63, 3.8) is 0 Å². The first-order chi connectivity index (χ1) is 13.5. The fourth-order valence-corrected chi connectivity index (χ4v) is 5.38. The second kappa shape index (κ2) is 9.24. The second-order valence-corrected chi connectivity index (χ2v) is 9.21. The number of likely N-dealkylation sites (tertiary alicyclic amines) is 1. The summed E-state index contributed by atoms with van der Waals surface area (Å²) in [6, 6.07) is 16.4. The maximum Gasteiger partial charge on any atom is 0.222 e.